The lowest BCUT2D eigenvalue weighted by molar-refractivity contribution is -0.156. The number of halogens is 6. The van der Waals surface area contributed by atoms with Crippen LogP contribution < -0.4 is 36.0 Å². The fourth-order valence-corrected chi connectivity index (χ4v) is 14.1. The lowest BCUT2D eigenvalue weighted by atomic mass is 10.0. The van der Waals surface area contributed by atoms with Crippen LogP contribution in [0, 0.1) is 0 Å². The van der Waals surface area contributed by atoms with Crippen molar-refractivity contribution in [3.63, 3.8) is 0 Å². The molecule has 2 aliphatic carbocycles. The van der Waals surface area contributed by atoms with Gasteiger partial charge in [-0.25, -0.2) is 29.9 Å². The Bertz CT molecular complexity index is 4410. The Morgan fingerprint density at radius 1 is 0.472 bits per heavy atom. The minimum atomic E-state index is -0.738. The van der Waals surface area contributed by atoms with Gasteiger partial charge in [0.1, 0.15) is 35.4 Å². The van der Waals surface area contributed by atoms with Gasteiger partial charge in [-0.3, -0.25) is 9.59 Å². The summed E-state index contributed by atoms with van der Waals surface area (Å²) < 4.78 is 11.4. The monoisotopic (exact) mass is 1550 g/mol. The second-order valence-corrected chi connectivity index (χ2v) is 30.6. The fourth-order valence-electron chi connectivity index (χ4n) is 12.5. The third-order valence-corrected chi connectivity index (χ3v) is 20.8. The molecule has 0 bridgehead atoms. The van der Waals surface area contributed by atoms with Gasteiger partial charge < -0.3 is 50.2 Å². The number of aryl methyl sites for hydroxylation is 1. The van der Waals surface area contributed by atoms with Gasteiger partial charge in [-0.2, -0.15) is 0 Å². The standard InChI is InChI=1S/C31H39Cl2N5O2.C29H34Cl2N4O2.C22H22Cl2N4O/c1-31(2,30(39)40-23-12-6-7-13-23)35-17-16-21-10-8-11-22(18-21)27-19-34-28(37(3)4)29(36-27)38(5)20-24-25(32)14-9-15-26(24)33;1-29(2,28(36)37-21-9-3-4-10-21)34-16-15-19-7-5-8-20(17-19)26-18-33-27(32)25(35-26)14-13-22-23(30)11-6-12-24(22)31;1-27(2)21-22(28(3)14-17-18(23)8-5-9-19(17)24)26-20(13-25-21)16-7-4-6-15(12-16)10-11-29/h8-11,14-15,18-19,23,35H,6-7,12-13,16-17,20H2,1-5H3;5-8,11-12,17-18,21,34H,3-4,9-10,13-16H2,1-2H3,(H2,32,33);4-9,11-13H,10,14H2,1-3H3. The smallest absolute Gasteiger partial charge is 0.326 e. The molecule has 9 aromatic rings. The van der Waals surface area contributed by atoms with Gasteiger partial charge in [0.05, 0.1) is 41.4 Å². The molecule has 6 aromatic carbocycles. The van der Waals surface area contributed by atoms with Crippen LogP contribution >= 0.6 is 69.6 Å². The van der Waals surface area contributed by atoms with Crippen molar-refractivity contribution < 1.29 is 23.9 Å². The number of aldehydes is 1. The van der Waals surface area contributed by atoms with Gasteiger partial charge in [-0.1, -0.05) is 142 Å². The molecule has 0 aliphatic heterocycles. The van der Waals surface area contributed by atoms with Crippen molar-refractivity contribution in [2.45, 2.75) is 148 Å². The number of carbonyl (C=O) groups excluding carboxylic acids is 3. The summed E-state index contributed by atoms with van der Waals surface area (Å²) >= 11 is 38.2. The molecule has 4 N–H and O–H groups in total. The molecular formula is C82H95Cl6N13O5. The molecule has 0 unspecified atom stereocenters. The van der Waals surface area contributed by atoms with Gasteiger partial charge in [0.15, 0.2) is 23.3 Å². The Morgan fingerprint density at radius 3 is 1.21 bits per heavy atom. The van der Waals surface area contributed by atoms with Crippen LogP contribution in [0.25, 0.3) is 33.8 Å². The first kappa shape index (κ1) is 81.9. The van der Waals surface area contributed by atoms with Crippen LogP contribution in [-0.2, 0) is 69.1 Å². The number of nitrogen functional groups attached to an aromatic ring is 1. The predicted molar refractivity (Wildman–Crippen MR) is 435 cm³/mol. The van der Waals surface area contributed by atoms with Crippen LogP contribution in [0.5, 0.6) is 0 Å². The van der Waals surface area contributed by atoms with E-state index in [2.05, 4.69) is 44.9 Å². The van der Waals surface area contributed by atoms with E-state index in [9.17, 15) is 14.4 Å². The van der Waals surface area contributed by atoms with Crippen LogP contribution in [0.15, 0.2) is 146 Å². The molecule has 2 saturated carbocycles. The minimum Gasteiger partial charge on any atom is -0.461 e. The summed E-state index contributed by atoms with van der Waals surface area (Å²) in [6, 6.07) is 40.7. The Kier molecular flexibility index (Phi) is 29.8. The Balaban J connectivity index is 0.000000186. The highest BCUT2D eigenvalue weighted by Gasteiger charge is 2.33. The van der Waals surface area contributed by atoms with E-state index < -0.39 is 11.1 Å². The van der Waals surface area contributed by atoms with Gasteiger partial charge in [0, 0.05) is 133 Å². The van der Waals surface area contributed by atoms with E-state index in [1.54, 1.807) is 18.6 Å². The maximum absolute atomic E-state index is 12.7. The van der Waals surface area contributed by atoms with Crippen LogP contribution in [0.3, 0.4) is 0 Å². The van der Waals surface area contributed by atoms with Gasteiger partial charge in [0.25, 0.3) is 0 Å². The maximum atomic E-state index is 12.7. The molecule has 11 rings (SSSR count). The van der Waals surface area contributed by atoms with Crippen molar-refractivity contribution in [3.05, 3.63) is 215 Å². The van der Waals surface area contributed by atoms with E-state index in [-0.39, 0.29) is 24.1 Å². The number of nitrogens with zero attached hydrogens (tertiary/aromatic N) is 10. The SMILES string of the molecule is CC(C)(NCCc1cccc(-c2cnc(N)c(CCc3c(Cl)cccc3Cl)n2)c1)C(=O)OC1CCCC1.CN(C)c1ncc(-c2cccc(CC=O)c2)nc1N(C)Cc1c(Cl)cccc1Cl.CN(C)c1ncc(-c2cccc(CCNC(C)(C)C(=O)OC3CCCC3)c2)nc1N(C)Cc1c(Cl)cccc1Cl. The summed E-state index contributed by atoms with van der Waals surface area (Å²) in [5.41, 5.74) is 16.2. The van der Waals surface area contributed by atoms with E-state index in [1.165, 1.54) is 0 Å². The average Bonchev–Trinajstić information content (AvgIpc) is 1.19. The van der Waals surface area contributed by atoms with Crippen molar-refractivity contribution in [1.82, 2.24) is 40.5 Å². The van der Waals surface area contributed by atoms with Crippen molar-refractivity contribution in [2.24, 2.45) is 0 Å². The zero-order chi connectivity index (χ0) is 76.2. The van der Waals surface area contributed by atoms with Crippen molar-refractivity contribution in [3.8, 4) is 33.8 Å². The molecule has 106 heavy (non-hydrogen) atoms. The lowest BCUT2D eigenvalue weighted by Gasteiger charge is -2.26. The number of nitrogens with one attached hydrogen (secondary N) is 2. The first-order valence-corrected chi connectivity index (χ1v) is 38.0. The predicted octanol–water partition coefficient (Wildman–Crippen LogP) is 17.7. The Hall–Kier alpha value is -8.17. The number of rotatable bonds is 28. The van der Waals surface area contributed by atoms with E-state index in [0.29, 0.717) is 92.9 Å². The van der Waals surface area contributed by atoms with E-state index in [1.807, 2.05) is 193 Å². The highest BCUT2D eigenvalue weighted by Crippen LogP contribution is 2.36. The largest absolute Gasteiger partial charge is 0.461 e. The van der Waals surface area contributed by atoms with Crippen LogP contribution in [0.4, 0.5) is 29.1 Å². The minimum absolute atomic E-state index is 0.0656. The van der Waals surface area contributed by atoms with E-state index in [0.717, 1.165) is 155 Å². The summed E-state index contributed by atoms with van der Waals surface area (Å²) in [5, 5.41) is 10.5. The molecule has 3 aromatic heterocycles. The number of hydrogen-bond donors (Lipinski definition) is 3. The Morgan fingerprint density at radius 2 is 0.821 bits per heavy atom. The molecule has 24 heteroatoms. The first-order valence-electron chi connectivity index (χ1n) is 35.7. The fraction of sp³-hybridized carbons (Fsp3) is 0.378. The number of hydrogen-bond acceptors (Lipinski definition) is 18. The third-order valence-electron chi connectivity index (χ3n) is 18.6. The van der Waals surface area contributed by atoms with Crippen LogP contribution in [-0.4, -0.2) is 127 Å². The van der Waals surface area contributed by atoms with Crippen molar-refractivity contribution in [2.75, 3.05) is 80.7 Å². The number of benzene rings is 6. The van der Waals surface area contributed by atoms with Crippen LogP contribution in [0.2, 0.25) is 30.1 Å². The maximum Gasteiger partial charge on any atom is 0.326 e. The molecule has 18 nitrogen and oxygen atoms in total. The molecule has 0 spiro atoms. The second kappa shape index (κ2) is 38.6. The second-order valence-electron chi connectivity index (χ2n) is 28.2. The quantitative estimate of drug-likeness (QED) is 0.0307. The highest BCUT2D eigenvalue weighted by atomic mass is 35.5. The first-order chi connectivity index (χ1) is 50.7. The molecule has 0 atom stereocenters. The zero-order valence-electron chi connectivity index (χ0n) is 62.0. The van der Waals surface area contributed by atoms with Gasteiger partial charge in [0.2, 0.25) is 0 Å². The number of aromatic nitrogens is 6. The lowest BCUT2D eigenvalue weighted by Crippen LogP contribution is -2.49. The molecule has 2 fully saturated rings. The number of nitrogens with two attached hydrogens (primary N) is 1. The molecule has 0 radical (unpaired) electrons. The third kappa shape index (κ3) is 22.7. The van der Waals surface area contributed by atoms with Gasteiger partial charge in [-0.05, 0) is 182 Å². The van der Waals surface area contributed by atoms with Crippen molar-refractivity contribution in [1.29, 1.82) is 0 Å². The summed E-state index contributed by atoms with van der Waals surface area (Å²) in [6.07, 6.45) is 17.8. The zero-order valence-corrected chi connectivity index (χ0v) is 66.5. The van der Waals surface area contributed by atoms with Crippen molar-refractivity contribution >= 4 is 117 Å². The van der Waals surface area contributed by atoms with Crippen LogP contribution in [0.1, 0.15) is 118 Å². The molecule has 3 heterocycles. The molecule has 0 saturated heterocycles. The summed E-state index contributed by atoms with van der Waals surface area (Å²) in [7, 11) is 11.6. The summed E-state index contributed by atoms with van der Waals surface area (Å²) in [4.78, 5) is 72.4. The Labute approximate surface area is 654 Å². The van der Waals surface area contributed by atoms with Gasteiger partial charge in [-0.15, -0.1) is 0 Å². The summed E-state index contributed by atoms with van der Waals surface area (Å²) in [5.74, 6) is 2.97. The van der Waals surface area contributed by atoms with E-state index >= 15 is 0 Å². The number of ether oxygens (including phenoxy) is 2. The number of esters is 2. The van der Waals surface area contributed by atoms with E-state index in [4.69, 9.17) is 105 Å². The number of carbonyl (C=O) groups is 3. The molecular weight excluding hydrogens is 1460 g/mol. The normalized spacial score (nSPS) is 13.1. The topological polar surface area (TPSA) is 210 Å². The van der Waals surface area contributed by atoms with Gasteiger partial charge >= 0.3 is 11.9 Å². The molecule has 0 amide bonds. The molecule has 2 aliphatic rings. The highest BCUT2D eigenvalue weighted by molar-refractivity contribution is 6.37. The average molecular weight is 1560 g/mol. The number of anilines is 5. The molecule has 560 valence electrons. The summed E-state index contributed by atoms with van der Waals surface area (Å²) in [6.45, 7) is 9.79.